The lowest BCUT2D eigenvalue weighted by Crippen LogP contribution is -2.06. The van der Waals surface area contributed by atoms with Crippen molar-refractivity contribution < 1.29 is 9.53 Å². The molecule has 4 heteroatoms. The number of fused-ring (bicyclic) bond motifs is 1. The number of ether oxygens (including phenoxy) is 1. The number of hydrogen-bond donors (Lipinski definition) is 0. The number of halogens is 1. The van der Waals surface area contributed by atoms with Gasteiger partial charge < -0.3 is 4.74 Å². The zero-order valence-electron chi connectivity index (χ0n) is 8.84. The summed E-state index contributed by atoms with van der Waals surface area (Å²) < 4.78 is 4.88. The average molecular weight is 282 g/mol. The van der Waals surface area contributed by atoms with Crippen LogP contribution in [0, 0.1) is 0 Å². The van der Waals surface area contributed by atoms with Crippen LogP contribution in [0.5, 0.6) is 0 Å². The Hall–Kier alpha value is -1.42. The number of nitrogens with zero attached hydrogens (tertiary/aromatic N) is 1. The molecule has 2 aromatic rings. The SMILES string of the molecule is Br.CCOC(=O)c1ccc2ccccc2n1. The number of esters is 1. The highest BCUT2D eigenvalue weighted by Gasteiger charge is 2.07. The maximum atomic E-state index is 11.4. The first-order valence-corrected chi connectivity index (χ1v) is 4.84. The molecule has 16 heavy (non-hydrogen) atoms. The summed E-state index contributed by atoms with van der Waals surface area (Å²) >= 11 is 0. The van der Waals surface area contributed by atoms with Crippen LogP contribution in [0.4, 0.5) is 0 Å². The van der Waals surface area contributed by atoms with E-state index in [0.29, 0.717) is 12.3 Å². The van der Waals surface area contributed by atoms with E-state index < -0.39 is 0 Å². The van der Waals surface area contributed by atoms with Crippen LogP contribution < -0.4 is 0 Å². The van der Waals surface area contributed by atoms with Gasteiger partial charge in [0.25, 0.3) is 0 Å². The summed E-state index contributed by atoms with van der Waals surface area (Å²) in [5.74, 6) is -0.372. The van der Waals surface area contributed by atoms with E-state index in [9.17, 15) is 4.79 Å². The van der Waals surface area contributed by atoms with Crippen molar-refractivity contribution in [1.29, 1.82) is 0 Å². The summed E-state index contributed by atoms with van der Waals surface area (Å²) in [5, 5.41) is 1.02. The van der Waals surface area contributed by atoms with Crippen LogP contribution in [0.2, 0.25) is 0 Å². The molecule has 3 nitrogen and oxygen atoms in total. The fraction of sp³-hybridized carbons (Fsp3) is 0.167. The first-order valence-electron chi connectivity index (χ1n) is 4.84. The summed E-state index contributed by atoms with van der Waals surface area (Å²) in [4.78, 5) is 15.6. The van der Waals surface area contributed by atoms with Gasteiger partial charge in [-0.05, 0) is 19.1 Å². The number of hydrogen-bond acceptors (Lipinski definition) is 3. The number of carbonyl (C=O) groups excluding carboxylic acids is 1. The summed E-state index contributed by atoms with van der Waals surface area (Å²) in [6, 6.07) is 11.2. The Morgan fingerprint density at radius 2 is 2.00 bits per heavy atom. The van der Waals surface area contributed by atoms with Gasteiger partial charge in [0.2, 0.25) is 0 Å². The Labute approximate surface area is 104 Å². The van der Waals surface area contributed by atoms with Crippen molar-refractivity contribution in [3.8, 4) is 0 Å². The molecular weight excluding hydrogens is 270 g/mol. The molecule has 2 rings (SSSR count). The van der Waals surface area contributed by atoms with Gasteiger partial charge >= 0.3 is 5.97 Å². The lowest BCUT2D eigenvalue weighted by molar-refractivity contribution is 0.0520. The minimum absolute atomic E-state index is 0. The Balaban J connectivity index is 0.00000128. The molecule has 84 valence electrons. The van der Waals surface area contributed by atoms with E-state index >= 15 is 0 Å². The molecule has 1 heterocycles. The van der Waals surface area contributed by atoms with Gasteiger partial charge in [-0.1, -0.05) is 24.3 Å². The second-order valence-electron chi connectivity index (χ2n) is 3.11. The molecule has 0 radical (unpaired) electrons. The minimum atomic E-state index is -0.372. The van der Waals surface area contributed by atoms with Gasteiger partial charge in [-0.15, -0.1) is 17.0 Å². The van der Waals surface area contributed by atoms with Crippen LogP contribution in [-0.2, 0) is 4.74 Å². The van der Waals surface area contributed by atoms with Crippen molar-refractivity contribution in [2.45, 2.75) is 6.92 Å². The van der Waals surface area contributed by atoms with Crippen LogP contribution >= 0.6 is 17.0 Å². The van der Waals surface area contributed by atoms with Gasteiger partial charge in [-0.25, -0.2) is 9.78 Å². The van der Waals surface area contributed by atoms with E-state index in [1.807, 2.05) is 30.3 Å². The molecule has 0 aliphatic carbocycles. The van der Waals surface area contributed by atoms with Crippen molar-refractivity contribution in [3.63, 3.8) is 0 Å². The first-order chi connectivity index (χ1) is 7.31. The van der Waals surface area contributed by atoms with Crippen LogP contribution in [0.3, 0.4) is 0 Å². The van der Waals surface area contributed by atoms with E-state index in [-0.39, 0.29) is 23.0 Å². The highest BCUT2D eigenvalue weighted by molar-refractivity contribution is 8.93. The minimum Gasteiger partial charge on any atom is -0.461 e. The lowest BCUT2D eigenvalue weighted by Gasteiger charge is -2.02. The fourth-order valence-electron chi connectivity index (χ4n) is 1.38. The van der Waals surface area contributed by atoms with E-state index in [1.54, 1.807) is 13.0 Å². The van der Waals surface area contributed by atoms with Gasteiger partial charge in [0.15, 0.2) is 0 Å². The third kappa shape index (κ3) is 2.58. The molecule has 0 fully saturated rings. The number of rotatable bonds is 2. The lowest BCUT2D eigenvalue weighted by atomic mass is 10.2. The molecule has 0 atom stereocenters. The Morgan fingerprint density at radius 3 is 2.75 bits per heavy atom. The summed E-state index contributed by atoms with van der Waals surface area (Å²) in [6.07, 6.45) is 0. The number of aromatic nitrogens is 1. The Bertz CT molecular complexity index is 499. The van der Waals surface area contributed by atoms with Crippen LogP contribution in [0.1, 0.15) is 17.4 Å². The second kappa shape index (κ2) is 5.61. The molecule has 0 aliphatic rings. The third-order valence-electron chi connectivity index (χ3n) is 2.08. The summed E-state index contributed by atoms with van der Waals surface area (Å²) in [7, 11) is 0. The molecule has 0 bridgehead atoms. The van der Waals surface area contributed by atoms with E-state index in [2.05, 4.69) is 4.98 Å². The van der Waals surface area contributed by atoms with Gasteiger partial charge in [0.05, 0.1) is 12.1 Å². The van der Waals surface area contributed by atoms with Gasteiger partial charge in [-0.2, -0.15) is 0 Å². The van der Waals surface area contributed by atoms with Gasteiger partial charge in [0.1, 0.15) is 5.69 Å². The zero-order valence-corrected chi connectivity index (χ0v) is 10.6. The molecule has 0 amide bonds. The van der Waals surface area contributed by atoms with Crippen LogP contribution in [-0.4, -0.2) is 17.6 Å². The van der Waals surface area contributed by atoms with Gasteiger partial charge in [0, 0.05) is 5.39 Å². The Morgan fingerprint density at radius 1 is 1.25 bits per heavy atom. The molecule has 1 aromatic heterocycles. The van der Waals surface area contributed by atoms with Crippen LogP contribution in [0.25, 0.3) is 10.9 Å². The van der Waals surface area contributed by atoms with E-state index in [1.165, 1.54) is 0 Å². The summed E-state index contributed by atoms with van der Waals surface area (Å²) in [6.45, 7) is 2.15. The molecule has 1 aromatic carbocycles. The molecule has 0 saturated heterocycles. The largest absolute Gasteiger partial charge is 0.461 e. The van der Waals surface area contributed by atoms with Crippen molar-refractivity contribution >= 4 is 33.9 Å². The number of pyridine rings is 1. The molecule has 0 spiro atoms. The number of para-hydroxylation sites is 1. The number of carbonyl (C=O) groups is 1. The highest BCUT2D eigenvalue weighted by Crippen LogP contribution is 2.12. The second-order valence-corrected chi connectivity index (χ2v) is 3.11. The Kier molecular flexibility index (Phi) is 4.43. The van der Waals surface area contributed by atoms with E-state index in [4.69, 9.17) is 4.74 Å². The molecular formula is C12H12BrNO2. The van der Waals surface area contributed by atoms with Crippen molar-refractivity contribution in [2.75, 3.05) is 6.61 Å². The maximum Gasteiger partial charge on any atom is 0.356 e. The normalized spacial score (nSPS) is 9.56. The molecule has 0 unspecified atom stereocenters. The fourth-order valence-corrected chi connectivity index (χ4v) is 1.38. The van der Waals surface area contributed by atoms with Crippen molar-refractivity contribution in [3.05, 3.63) is 42.1 Å². The quantitative estimate of drug-likeness (QED) is 0.795. The molecule has 0 N–H and O–H groups in total. The van der Waals surface area contributed by atoms with Crippen molar-refractivity contribution in [1.82, 2.24) is 4.98 Å². The smallest absolute Gasteiger partial charge is 0.356 e. The highest BCUT2D eigenvalue weighted by atomic mass is 79.9. The monoisotopic (exact) mass is 281 g/mol. The van der Waals surface area contributed by atoms with Gasteiger partial charge in [-0.3, -0.25) is 0 Å². The maximum absolute atomic E-state index is 11.4. The predicted molar refractivity (Wildman–Crippen MR) is 68.0 cm³/mol. The third-order valence-corrected chi connectivity index (χ3v) is 2.08. The zero-order chi connectivity index (χ0) is 10.7. The molecule has 0 aliphatic heterocycles. The van der Waals surface area contributed by atoms with Crippen LogP contribution in [0.15, 0.2) is 36.4 Å². The topological polar surface area (TPSA) is 39.2 Å². The van der Waals surface area contributed by atoms with Crippen molar-refractivity contribution in [2.24, 2.45) is 0 Å². The first kappa shape index (κ1) is 12.6. The predicted octanol–water partition coefficient (Wildman–Crippen LogP) is 2.99. The standard InChI is InChI=1S/C12H11NO2.BrH/c1-2-15-12(14)11-8-7-9-5-3-4-6-10(9)13-11;/h3-8H,2H2,1H3;1H. The number of benzene rings is 1. The molecule has 0 saturated carbocycles. The average Bonchev–Trinajstić information content (AvgIpc) is 2.29. The summed E-state index contributed by atoms with van der Waals surface area (Å²) in [5.41, 5.74) is 1.17. The van der Waals surface area contributed by atoms with E-state index in [0.717, 1.165) is 10.9 Å².